The van der Waals surface area contributed by atoms with Gasteiger partial charge in [-0.15, -0.1) is 24.8 Å². The van der Waals surface area contributed by atoms with E-state index in [2.05, 4.69) is 9.88 Å². The molecule has 1 saturated heterocycles. The molecule has 20 heavy (non-hydrogen) atoms. The van der Waals surface area contributed by atoms with Crippen LogP contribution in [-0.4, -0.2) is 36.1 Å². The van der Waals surface area contributed by atoms with Crippen molar-refractivity contribution in [1.82, 2.24) is 9.88 Å². The molecule has 1 aliphatic heterocycles. The minimum Gasteiger partial charge on any atom is -0.490 e. The molecule has 0 radical (unpaired) electrons. The first-order valence-corrected chi connectivity index (χ1v) is 5.82. The molecule has 1 fully saturated rings. The number of likely N-dealkylation sites (tertiary alicyclic amines) is 1. The topological polar surface area (TPSA) is 25.4 Å². The Morgan fingerprint density at radius 1 is 1.35 bits per heavy atom. The van der Waals surface area contributed by atoms with Gasteiger partial charge >= 0.3 is 6.18 Å². The highest BCUT2D eigenvalue weighted by Gasteiger charge is 2.31. The molecule has 1 atom stereocenters. The van der Waals surface area contributed by atoms with Crippen molar-refractivity contribution in [2.45, 2.75) is 25.1 Å². The Morgan fingerprint density at radius 2 is 2.05 bits per heavy atom. The van der Waals surface area contributed by atoms with E-state index in [1.165, 1.54) is 6.20 Å². The molecule has 0 aromatic carbocycles. The molecule has 8 heteroatoms. The van der Waals surface area contributed by atoms with E-state index in [-0.39, 0.29) is 36.6 Å². The number of alkyl halides is 3. The molecule has 0 bridgehead atoms. The molecular formula is C12H17Cl2F3N2O. The molecular weight excluding hydrogens is 316 g/mol. The monoisotopic (exact) mass is 332 g/mol. The van der Waals surface area contributed by atoms with Crippen molar-refractivity contribution in [3.8, 4) is 5.75 Å². The lowest BCUT2D eigenvalue weighted by Gasteiger charge is -2.19. The van der Waals surface area contributed by atoms with Crippen LogP contribution in [0.25, 0.3) is 0 Å². The summed E-state index contributed by atoms with van der Waals surface area (Å²) in [6.07, 6.45) is -0.149. The third-order valence-corrected chi connectivity index (χ3v) is 3.15. The molecule has 1 aliphatic rings. The highest BCUT2D eigenvalue weighted by atomic mass is 35.5. The van der Waals surface area contributed by atoms with Gasteiger partial charge in [0.2, 0.25) is 0 Å². The third kappa shape index (κ3) is 5.00. The lowest BCUT2D eigenvalue weighted by atomic mass is 10.2. The fraction of sp³-hybridized carbons (Fsp3) is 0.583. The van der Waals surface area contributed by atoms with Crippen molar-refractivity contribution in [3.05, 3.63) is 24.0 Å². The lowest BCUT2D eigenvalue weighted by Crippen LogP contribution is -2.30. The van der Waals surface area contributed by atoms with Gasteiger partial charge in [-0.05, 0) is 32.5 Å². The normalized spacial score (nSPS) is 19.1. The van der Waals surface area contributed by atoms with E-state index in [0.717, 1.165) is 31.6 Å². The summed E-state index contributed by atoms with van der Waals surface area (Å²) in [5.41, 5.74) is -0.778. The number of aromatic nitrogens is 1. The van der Waals surface area contributed by atoms with Crippen molar-refractivity contribution >= 4 is 24.8 Å². The molecule has 0 N–H and O–H groups in total. The van der Waals surface area contributed by atoms with Crippen LogP contribution in [0.2, 0.25) is 0 Å². The second kappa shape index (κ2) is 7.90. The van der Waals surface area contributed by atoms with Crippen LogP contribution >= 0.6 is 24.8 Å². The second-order valence-electron chi connectivity index (χ2n) is 4.49. The predicted molar refractivity (Wildman–Crippen MR) is 74.9 cm³/mol. The van der Waals surface area contributed by atoms with Gasteiger partial charge in [0.05, 0.1) is 11.8 Å². The number of likely N-dealkylation sites (N-methyl/N-ethyl adjacent to an activating group) is 1. The first kappa shape index (κ1) is 19.3. The number of ether oxygens (including phenoxy) is 1. The average molecular weight is 333 g/mol. The third-order valence-electron chi connectivity index (χ3n) is 3.15. The van der Waals surface area contributed by atoms with Crippen LogP contribution in [0.5, 0.6) is 5.75 Å². The summed E-state index contributed by atoms with van der Waals surface area (Å²) in [7, 11) is 1.99. The van der Waals surface area contributed by atoms with Crippen LogP contribution in [0.1, 0.15) is 18.4 Å². The first-order valence-electron chi connectivity index (χ1n) is 5.82. The zero-order valence-corrected chi connectivity index (χ0v) is 12.5. The van der Waals surface area contributed by atoms with Gasteiger partial charge in [0.25, 0.3) is 0 Å². The van der Waals surface area contributed by atoms with Gasteiger partial charge in [-0.1, -0.05) is 0 Å². The highest BCUT2D eigenvalue weighted by molar-refractivity contribution is 5.85. The standard InChI is InChI=1S/C12H15F3N2O.2ClH/c1-17-4-2-3-10(17)8-18-11-5-9(6-16-7-11)12(13,14)15;;/h5-7,10H,2-4,8H2,1H3;2*1H/t10-;;/m0../s1. The Labute approximate surface area is 128 Å². The van der Waals surface area contributed by atoms with E-state index in [1.807, 2.05) is 7.05 Å². The average Bonchev–Trinajstić information content (AvgIpc) is 2.72. The van der Waals surface area contributed by atoms with Crippen molar-refractivity contribution in [1.29, 1.82) is 0 Å². The Morgan fingerprint density at radius 3 is 2.60 bits per heavy atom. The van der Waals surface area contributed by atoms with Gasteiger partial charge in [0, 0.05) is 12.2 Å². The SMILES string of the molecule is CN1CCC[C@H]1COc1cncc(C(F)(F)F)c1.Cl.Cl. The maximum absolute atomic E-state index is 12.5. The quantitative estimate of drug-likeness (QED) is 0.848. The molecule has 1 aromatic rings. The number of nitrogens with zero attached hydrogens (tertiary/aromatic N) is 2. The lowest BCUT2D eigenvalue weighted by molar-refractivity contribution is -0.137. The molecule has 0 spiro atoms. The van der Waals surface area contributed by atoms with Gasteiger partial charge in [-0.3, -0.25) is 4.98 Å². The van der Waals surface area contributed by atoms with Crippen LogP contribution in [-0.2, 0) is 6.18 Å². The predicted octanol–water partition coefficient (Wildman–Crippen LogP) is 3.42. The van der Waals surface area contributed by atoms with E-state index in [0.29, 0.717) is 6.61 Å². The summed E-state index contributed by atoms with van der Waals surface area (Å²) < 4.78 is 42.8. The molecule has 3 nitrogen and oxygen atoms in total. The maximum Gasteiger partial charge on any atom is 0.418 e. The zero-order chi connectivity index (χ0) is 13.2. The van der Waals surface area contributed by atoms with Crippen molar-refractivity contribution in [3.63, 3.8) is 0 Å². The van der Waals surface area contributed by atoms with Crippen LogP contribution < -0.4 is 4.74 Å². The Hall–Kier alpha value is -0.720. The van der Waals surface area contributed by atoms with Gasteiger partial charge in [-0.2, -0.15) is 13.2 Å². The molecule has 0 amide bonds. The highest BCUT2D eigenvalue weighted by Crippen LogP contribution is 2.30. The Balaban J connectivity index is 0.00000180. The van der Waals surface area contributed by atoms with E-state index in [9.17, 15) is 13.2 Å². The van der Waals surface area contributed by atoms with Gasteiger partial charge < -0.3 is 9.64 Å². The molecule has 0 aliphatic carbocycles. The molecule has 2 heterocycles. The molecule has 116 valence electrons. The number of halogens is 5. The van der Waals surface area contributed by atoms with Crippen molar-refractivity contribution in [2.24, 2.45) is 0 Å². The molecule has 0 unspecified atom stereocenters. The van der Waals surface area contributed by atoms with Crippen LogP contribution in [0.15, 0.2) is 18.5 Å². The largest absolute Gasteiger partial charge is 0.490 e. The maximum atomic E-state index is 12.5. The minimum atomic E-state index is -4.38. The minimum absolute atomic E-state index is 0. The molecule has 0 saturated carbocycles. The Kier molecular flexibility index (Phi) is 7.62. The first-order chi connectivity index (χ1) is 8.47. The number of rotatable bonds is 3. The van der Waals surface area contributed by atoms with Crippen LogP contribution in [0.3, 0.4) is 0 Å². The molecule has 2 rings (SSSR count). The number of hydrogen-bond donors (Lipinski definition) is 0. The van der Waals surface area contributed by atoms with Gasteiger partial charge in [0.1, 0.15) is 12.4 Å². The van der Waals surface area contributed by atoms with E-state index < -0.39 is 11.7 Å². The van der Waals surface area contributed by atoms with Crippen molar-refractivity contribution in [2.75, 3.05) is 20.2 Å². The summed E-state index contributed by atoms with van der Waals surface area (Å²) in [5, 5.41) is 0. The van der Waals surface area contributed by atoms with E-state index in [4.69, 9.17) is 4.74 Å². The number of hydrogen-bond acceptors (Lipinski definition) is 3. The fourth-order valence-corrected chi connectivity index (χ4v) is 2.04. The molecule has 1 aromatic heterocycles. The van der Waals surface area contributed by atoms with E-state index in [1.54, 1.807) is 0 Å². The number of pyridine rings is 1. The summed E-state index contributed by atoms with van der Waals surface area (Å²) in [6, 6.07) is 1.27. The zero-order valence-electron chi connectivity index (χ0n) is 10.9. The van der Waals surface area contributed by atoms with Crippen molar-refractivity contribution < 1.29 is 17.9 Å². The summed E-state index contributed by atoms with van der Waals surface area (Å²) >= 11 is 0. The van der Waals surface area contributed by atoms with Gasteiger partial charge in [-0.25, -0.2) is 0 Å². The smallest absolute Gasteiger partial charge is 0.418 e. The fourth-order valence-electron chi connectivity index (χ4n) is 2.04. The van der Waals surface area contributed by atoms with Gasteiger partial charge in [0.15, 0.2) is 0 Å². The van der Waals surface area contributed by atoms with Crippen LogP contribution in [0.4, 0.5) is 13.2 Å². The van der Waals surface area contributed by atoms with Crippen LogP contribution in [0, 0.1) is 0 Å². The Bertz CT molecular complexity index is 418. The van der Waals surface area contributed by atoms with E-state index >= 15 is 0 Å². The summed E-state index contributed by atoms with van der Waals surface area (Å²) in [6.45, 7) is 1.41. The summed E-state index contributed by atoms with van der Waals surface area (Å²) in [4.78, 5) is 5.71. The second-order valence-corrected chi connectivity index (χ2v) is 4.49. The summed E-state index contributed by atoms with van der Waals surface area (Å²) in [5.74, 6) is 0.171.